The lowest BCUT2D eigenvalue weighted by Crippen LogP contribution is -2.54. The molecular formula is C43H60O16. The Bertz CT molecular complexity index is 1680. The number of aliphatic hydroxyl groups is 1. The zero-order chi connectivity index (χ0) is 42.8. The second-order valence-electron chi connectivity index (χ2n) is 18.4. The Morgan fingerprint density at radius 3 is 1.71 bits per heavy atom. The van der Waals surface area contributed by atoms with Crippen LogP contribution in [0.5, 0.6) is 0 Å². The first-order chi connectivity index (χ1) is 28.1. The number of hydrogen-bond acceptors (Lipinski definition) is 14. The molecule has 0 radical (unpaired) electrons. The summed E-state index contributed by atoms with van der Waals surface area (Å²) in [6.07, 6.45) is 0.346. The minimum Gasteiger partial charge on any atom is -0.481 e. The quantitative estimate of drug-likeness (QED) is 0.0626. The van der Waals surface area contributed by atoms with Crippen molar-refractivity contribution >= 4 is 41.8 Å². The molecule has 0 aromatic heterocycles. The first kappa shape index (κ1) is 43.5. The van der Waals surface area contributed by atoms with Crippen molar-refractivity contribution < 1.29 is 77.3 Å². The Labute approximate surface area is 343 Å². The summed E-state index contributed by atoms with van der Waals surface area (Å²) in [5.74, 6) is -17.0. The van der Waals surface area contributed by atoms with Crippen molar-refractivity contribution in [1.29, 1.82) is 0 Å². The highest BCUT2D eigenvalue weighted by Crippen LogP contribution is 2.74. The van der Waals surface area contributed by atoms with Crippen molar-refractivity contribution in [3.63, 3.8) is 0 Å². The van der Waals surface area contributed by atoms with E-state index < -0.39 is 125 Å². The summed E-state index contributed by atoms with van der Waals surface area (Å²) < 4.78 is 33.5. The number of rotatable bonds is 17. The van der Waals surface area contributed by atoms with Gasteiger partial charge in [0.25, 0.3) is 0 Å². The molecule has 6 aliphatic carbocycles. The number of ether oxygens (including phenoxy) is 6. The largest absolute Gasteiger partial charge is 0.481 e. The van der Waals surface area contributed by atoms with E-state index in [1.54, 1.807) is 34.6 Å². The van der Waals surface area contributed by atoms with Crippen LogP contribution >= 0.6 is 0 Å². The lowest BCUT2D eigenvalue weighted by molar-refractivity contribution is -0.197. The Balaban J connectivity index is 1.32. The summed E-state index contributed by atoms with van der Waals surface area (Å²) in [5.41, 5.74) is 0. The number of hydrogen-bond donors (Lipinski definition) is 3. The minimum atomic E-state index is -1.29. The molecule has 21 atom stereocenters. The van der Waals surface area contributed by atoms with Crippen molar-refractivity contribution in [1.82, 2.24) is 0 Å². The predicted molar refractivity (Wildman–Crippen MR) is 200 cm³/mol. The second-order valence-corrected chi connectivity index (χ2v) is 18.4. The van der Waals surface area contributed by atoms with E-state index in [1.807, 2.05) is 0 Å². The number of carboxylic acids is 2. The van der Waals surface area contributed by atoms with E-state index in [-0.39, 0.29) is 67.5 Å². The van der Waals surface area contributed by atoms with Crippen LogP contribution in [0.15, 0.2) is 0 Å². The van der Waals surface area contributed by atoms with Crippen molar-refractivity contribution in [3.05, 3.63) is 0 Å². The highest BCUT2D eigenvalue weighted by molar-refractivity contribution is 5.96. The lowest BCUT2D eigenvalue weighted by atomic mass is 9.51. The molecule has 1 aliphatic heterocycles. The van der Waals surface area contributed by atoms with E-state index in [9.17, 15) is 48.9 Å². The molecule has 3 N–H and O–H groups in total. The molecule has 16 heteroatoms. The van der Waals surface area contributed by atoms with Gasteiger partial charge in [0.05, 0.1) is 48.0 Å². The number of carbonyl (C=O) groups is 7. The van der Waals surface area contributed by atoms with Gasteiger partial charge in [0.1, 0.15) is 0 Å². The maximum absolute atomic E-state index is 14.3. The number of carbonyl (C=O) groups excluding carboxylic acids is 5. The second kappa shape index (κ2) is 17.0. The molecule has 59 heavy (non-hydrogen) atoms. The maximum atomic E-state index is 14.3. The zero-order valence-electron chi connectivity index (χ0n) is 34.6. The number of fused-ring (bicyclic) bond motifs is 6. The van der Waals surface area contributed by atoms with Crippen molar-refractivity contribution in [2.24, 2.45) is 112 Å². The smallest absolute Gasteiger partial charge is 0.317 e. The monoisotopic (exact) mass is 832 g/mol. The first-order valence-corrected chi connectivity index (χ1v) is 21.7. The molecule has 7 fully saturated rings. The van der Waals surface area contributed by atoms with Crippen molar-refractivity contribution in [3.8, 4) is 0 Å². The van der Waals surface area contributed by atoms with E-state index in [0.29, 0.717) is 32.5 Å². The average molecular weight is 833 g/mol. The number of aliphatic carboxylic acids is 2. The fourth-order valence-electron chi connectivity index (χ4n) is 14.6. The molecule has 6 bridgehead atoms. The normalized spacial score (nSPS) is 43.7. The molecule has 1 heterocycles. The van der Waals surface area contributed by atoms with Crippen LogP contribution in [0.2, 0.25) is 0 Å². The summed E-state index contributed by atoms with van der Waals surface area (Å²) >= 11 is 0. The Hall–Kier alpha value is -3.63. The summed E-state index contributed by atoms with van der Waals surface area (Å²) in [5, 5.41) is 30.6. The van der Waals surface area contributed by atoms with Crippen LogP contribution in [0.3, 0.4) is 0 Å². The van der Waals surface area contributed by atoms with Crippen molar-refractivity contribution in [2.45, 2.75) is 86.2 Å². The Morgan fingerprint density at radius 1 is 0.661 bits per heavy atom. The van der Waals surface area contributed by atoms with Gasteiger partial charge in [-0.1, -0.05) is 13.8 Å². The van der Waals surface area contributed by atoms with Gasteiger partial charge in [-0.15, -0.1) is 0 Å². The van der Waals surface area contributed by atoms with E-state index in [4.69, 9.17) is 28.4 Å². The summed E-state index contributed by atoms with van der Waals surface area (Å²) in [4.78, 5) is 94.8. The van der Waals surface area contributed by atoms with E-state index in [2.05, 4.69) is 6.92 Å². The van der Waals surface area contributed by atoms with E-state index in [1.165, 1.54) is 0 Å². The molecule has 0 spiro atoms. The Morgan fingerprint density at radius 2 is 1.19 bits per heavy atom. The van der Waals surface area contributed by atoms with Gasteiger partial charge in [0.15, 0.2) is 12.6 Å². The Kier molecular flexibility index (Phi) is 12.5. The SMILES string of the molecule is CCOC(C)OC(=O)C1C2CC(C1C(=O)OC(C)OCC)C(C1C3CC(C(=O)OCCCO)C(C3)C1C1C3CC(C(C(=O)O)C3C(=O)O)C1C1C(=O)OC(=O)C1C)C2C. The molecule has 0 aromatic rings. The number of aliphatic hydroxyl groups excluding tert-OH is 1. The minimum absolute atomic E-state index is 0.0236. The van der Waals surface area contributed by atoms with Gasteiger partial charge in [-0.2, -0.15) is 0 Å². The van der Waals surface area contributed by atoms with Gasteiger partial charge < -0.3 is 43.7 Å². The molecule has 0 amide bonds. The van der Waals surface area contributed by atoms with Crippen LogP contribution in [-0.4, -0.2) is 96.1 Å². The van der Waals surface area contributed by atoms with Crippen LogP contribution in [0, 0.1) is 112 Å². The predicted octanol–water partition coefficient (Wildman–Crippen LogP) is 3.41. The van der Waals surface area contributed by atoms with E-state index >= 15 is 0 Å². The summed E-state index contributed by atoms with van der Waals surface area (Å²) in [6.45, 7) is 10.9. The third-order valence-corrected chi connectivity index (χ3v) is 16.1. The van der Waals surface area contributed by atoms with Crippen LogP contribution in [0.4, 0.5) is 0 Å². The van der Waals surface area contributed by atoms with E-state index in [0.717, 1.165) is 0 Å². The molecular weight excluding hydrogens is 772 g/mol. The maximum Gasteiger partial charge on any atom is 0.317 e. The zero-order valence-corrected chi connectivity index (χ0v) is 34.6. The van der Waals surface area contributed by atoms with Crippen LogP contribution in [0.1, 0.15) is 73.6 Å². The topological polar surface area (TPSA) is 236 Å². The number of carboxylic acid groups (broad SMARTS) is 2. The third kappa shape index (κ3) is 7.25. The third-order valence-electron chi connectivity index (χ3n) is 16.1. The standard InChI is InChI=1S/C43H60O16/c1-7-54-18(5)57-42(52)35-21-14-24(36(35)43(53)58-19(6)55-8-2)27(16(21)3)29-20-12-22(23(13-20)40(50)56-11-9-10-44)30(29)32-26-15-25(33(37(45)46)34(26)38(47)48)31(32)28-17(4)39(49)59-41(28)51/h16-36,44H,7-15H2,1-6H3,(H,45,46)(H,47,48). The fraction of sp³-hybridized carbons (Fsp3) is 0.837. The van der Waals surface area contributed by atoms with Gasteiger partial charge in [0.2, 0.25) is 0 Å². The molecule has 7 rings (SSSR count). The van der Waals surface area contributed by atoms with Crippen LogP contribution in [-0.2, 0) is 62.0 Å². The lowest BCUT2D eigenvalue weighted by Gasteiger charge is -2.52. The summed E-state index contributed by atoms with van der Waals surface area (Å²) in [6, 6.07) is 0. The summed E-state index contributed by atoms with van der Waals surface area (Å²) in [7, 11) is 0. The van der Waals surface area contributed by atoms with Crippen LogP contribution < -0.4 is 0 Å². The van der Waals surface area contributed by atoms with Gasteiger partial charge in [-0.3, -0.25) is 33.6 Å². The van der Waals surface area contributed by atoms with Gasteiger partial charge >= 0.3 is 41.8 Å². The fourth-order valence-corrected chi connectivity index (χ4v) is 14.6. The van der Waals surface area contributed by atoms with Gasteiger partial charge in [-0.25, -0.2) is 0 Å². The molecule has 1 saturated heterocycles. The average Bonchev–Trinajstić information content (AvgIpc) is 4.03. The first-order valence-electron chi connectivity index (χ1n) is 21.7. The highest BCUT2D eigenvalue weighted by Gasteiger charge is 2.74. The molecule has 16 nitrogen and oxygen atoms in total. The highest BCUT2D eigenvalue weighted by atomic mass is 16.7. The molecule has 0 aromatic carbocycles. The van der Waals surface area contributed by atoms with Gasteiger partial charge in [0, 0.05) is 26.2 Å². The molecule has 7 aliphatic rings. The molecule has 328 valence electrons. The van der Waals surface area contributed by atoms with Crippen LogP contribution in [0.25, 0.3) is 0 Å². The number of esters is 5. The van der Waals surface area contributed by atoms with Crippen molar-refractivity contribution in [2.75, 3.05) is 26.4 Å². The molecule has 6 saturated carbocycles. The molecule has 21 unspecified atom stereocenters. The number of cyclic esters (lactones) is 2. The van der Waals surface area contributed by atoms with Gasteiger partial charge in [-0.05, 0) is 124 Å².